The molecule has 0 radical (unpaired) electrons. The molecule has 1 amide bonds. The zero-order valence-corrected chi connectivity index (χ0v) is 15.4. The van der Waals surface area contributed by atoms with Crippen molar-refractivity contribution in [3.63, 3.8) is 0 Å². The predicted molar refractivity (Wildman–Crippen MR) is 90.7 cm³/mol. The maximum Gasteiger partial charge on any atom is 0.276 e. The van der Waals surface area contributed by atoms with Crippen LogP contribution in [-0.2, 0) is 15.0 Å². The third-order valence-corrected chi connectivity index (χ3v) is 6.48. The predicted octanol–water partition coefficient (Wildman–Crippen LogP) is 1.62. The molecule has 1 saturated carbocycles. The summed E-state index contributed by atoms with van der Waals surface area (Å²) in [5.74, 6) is 0.487. The third kappa shape index (κ3) is 4.90. The summed E-state index contributed by atoms with van der Waals surface area (Å²) in [6.07, 6.45) is 5.72. The Morgan fingerprint density at radius 1 is 1.09 bits per heavy atom. The van der Waals surface area contributed by atoms with Crippen LogP contribution in [0.4, 0.5) is 0 Å². The Labute approximate surface area is 140 Å². The molecule has 23 heavy (non-hydrogen) atoms. The van der Waals surface area contributed by atoms with Gasteiger partial charge in [0.15, 0.2) is 0 Å². The first-order chi connectivity index (χ1) is 10.6. The smallest absolute Gasteiger partial charge is 0.276 e. The number of amides is 1. The number of piperidine rings is 1. The molecule has 2 atom stereocenters. The summed E-state index contributed by atoms with van der Waals surface area (Å²) in [5.41, 5.74) is 0.190. The van der Waals surface area contributed by atoms with Crippen molar-refractivity contribution in [3.8, 4) is 0 Å². The van der Waals surface area contributed by atoms with Crippen molar-refractivity contribution in [1.29, 1.82) is 0 Å². The van der Waals surface area contributed by atoms with Crippen molar-refractivity contribution in [2.75, 3.05) is 13.1 Å². The topological polar surface area (TPSA) is 92.5 Å². The highest BCUT2D eigenvalue weighted by Gasteiger charge is 2.36. The Balaban J connectivity index is 1.91. The van der Waals surface area contributed by atoms with Gasteiger partial charge in [-0.15, -0.1) is 0 Å². The van der Waals surface area contributed by atoms with Gasteiger partial charge in [0.05, 0.1) is 0 Å². The summed E-state index contributed by atoms with van der Waals surface area (Å²) >= 11 is 0. The summed E-state index contributed by atoms with van der Waals surface area (Å²) in [4.78, 5) is 12.6. The molecule has 3 N–H and O–H groups in total. The van der Waals surface area contributed by atoms with E-state index in [9.17, 15) is 13.2 Å². The number of nitrogens with one attached hydrogen (secondary N) is 1. The molecule has 1 heterocycles. The fraction of sp³-hybridized carbons (Fsp3) is 0.938. The van der Waals surface area contributed by atoms with Crippen LogP contribution in [-0.4, -0.2) is 37.8 Å². The number of nitrogens with zero attached hydrogens (tertiary/aromatic N) is 1. The van der Waals surface area contributed by atoms with Gasteiger partial charge >= 0.3 is 0 Å². The molecule has 0 spiro atoms. The van der Waals surface area contributed by atoms with Crippen molar-refractivity contribution in [3.05, 3.63) is 0 Å². The van der Waals surface area contributed by atoms with Crippen molar-refractivity contribution < 1.29 is 13.2 Å². The Morgan fingerprint density at radius 3 is 2.17 bits per heavy atom. The van der Waals surface area contributed by atoms with Crippen LogP contribution in [0.1, 0.15) is 59.3 Å². The van der Waals surface area contributed by atoms with Gasteiger partial charge in [-0.1, -0.05) is 33.6 Å². The van der Waals surface area contributed by atoms with Gasteiger partial charge in [0.2, 0.25) is 5.91 Å². The first-order valence-electron chi connectivity index (χ1n) is 8.67. The second-order valence-corrected chi connectivity index (χ2v) is 9.64. The fourth-order valence-corrected chi connectivity index (χ4v) is 4.73. The van der Waals surface area contributed by atoms with Gasteiger partial charge in [-0.25, -0.2) is 5.14 Å². The highest BCUT2D eigenvalue weighted by molar-refractivity contribution is 7.86. The van der Waals surface area contributed by atoms with E-state index in [1.807, 2.05) is 0 Å². The zero-order valence-electron chi connectivity index (χ0n) is 14.5. The van der Waals surface area contributed by atoms with Crippen LogP contribution in [0.5, 0.6) is 0 Å². The molecular formula is C16H31N3O3S. The number of carbonyl (C=O) groups excluding carboxylic acids is 1. The van der Waals surface area contributed by atoms with Crippen LogP contribution >= 0.6 is 0 Å². The molecule has 2 fully saturated rings. The molecule has 2 aliphatic rings. The van der Waals surface area contributed by atoms with Crippen LogP contribution in [0.2, 0.25) is 0 Å². The van der Waals surface area contributed by atoms with E-state index < -0.39 is 10.2 Å². The van der Waals surface area contributed by atoms with Crippen molar-refractivity contribution in [2.24, 2.45) is 22.4 Å². The molecule has 7 heteroatoms. The van der Waals surface area contributed by atoms with Crippen molar-refractivity contribution in [1.82, 2.24) is 9.62 Å². The van der Waals surface area contributed by atoms with E-state index in [4.69, 9.17) is 5.14 Å². The molecule has 0 aromatic heterocycles. The van der Waals surface area contributed by atoms with Crippen LogP contribution in [0.25, 0.3) is 0 Å². The van der Waals surface area contributed by atoms with Crippen molar-refractivity contribution >= 4 is 16.1 Å². The number of hydrogen-bond donors (Lipinski definition) is 2. The first kappa shape index (κ1) is 18.7. The number of nitrogens with two attached hydrogens (primary N) is 1. The average Bonchev–Trinajstić information content (AvgIpc) is 2.46. The summed E-state index contributed by atoms with van der Waals surface area (Å²) in [6.45, 7) is 7.40. The number of rotatable bonds is 3. The van der Waals surface area contributed by atoms with E-state index in [1.54, 1.807) is 0 Å². The Morgan fingerprint density at radius 2 is 1.65 bits per heavy atom. The second-order valence-electron chi connectivity index (χ2n) is 8.09. The maximum absolute atomic E-state index is 12.6. The lowest BCUT2D eigenvalue weighted by atomic mass is 9.69. The lowest BCUT2D eigenvalue weighted by Gasteiger charge is -2.41. The minimum Gasteiger partial charge on any atom is -0.353 e. The van der Waals surface area contributed by atoms with E-state index in [0.717, 1.165) is 12.8 Å². The fourth-order valence-electron chi connectivity index (χ4n) is 4.01. The Bertz CT molecular complexity index is 519. The van der Waals surface area contributed by atoms with Gasteiger partial charge in [-0.3, -0.25) is 4.79 Å². The van der Waals surface area contributed by atoms with Gasteiger partial charge in [0.25, 0.3) is 10.2 Å². The van der Waals surface area contributed by atoms with E-state index >= 15 is 0 Å². The van der Waals surface area contributed by atoms with Gasteiger partial charge < -0.3 is 5.32 Å². The van der Waals surface area contributed by atoms with Crippen LogP contribution < -0.4 is 10.5 Å². The van der Waals surface area contributed by atoms with Crippen LogP contribution in [0.3, 0.4) is 0 Å². The molecule has 1 saturated heterocycles. The molecule has 2 rings (SSSR count). The molecule has 1 aliphatic carbocycles. The minimum absolute atomic E-state index is 0.0835. The summed E-state index contributed by atoms with van der Waals surface area (Å²) < 4.78 is 23.9. The molecule has 6 nitrogen and oxygen atoms in total. The summed E-state index contributed by atoms with van der Waals surface area (Å²) in [7, 11) is -3.63. The van der Waals surface area contributed by atoms with E-state index in [1.165, 1.54) is 17.1 Å². The summed E-state index contributed by atoms with van der Waals surface area (Å²) in [5, 5.41) is 8.41. The van der Waals surface area contributed by atoms with E-state index in [0.29, 0.717) is 31.8 Å². The van der Waals surface area contributed by atoms with Crippen LogP contribution in [0.15, 0.2) is 0 Å². The molecular weight excluding hydrogens is 314 g/mol. The second kappa shape index (κ2) is 7.07. The van der Waals surface area contributed by atoms with Gasteiger partial charge in [0, 0.05) is 25.0 Å². The van der Waals surface area contributed by atoms with Gasteiger partial charge in [-0.2, -0.15) is 12.7 Å². The zero-order chi connectivity index (χ0) is 17.3. The quantitative estimate of drug-likeness (QED) is 0.814. The number of hydrogen-bond acceptors (Lipinski definition) is 3. The molecule has 0 aromatic carbocycles. The standard InChI is InChI=1S/C16H31N3O3S/c1-16(2,3)13-6-4-5-7-14(13)18-15(20)12-8-10-19(11-9-12)23(17,21)22/h12-14H,4-11H2,1-3H3,(H,18,20)(H2,17,21,22). The Hall–Kier alpha value is -0.660. The van der Waals surface area contributed by atoms with Crippen LogP contribution in [0, 0.1) is 17.3 Å². The lowest BCUT2D eigenvalue weighted by Crippen LogP contribution is -2.50. The normalized spacial score (nSPS) is 28.5. The molecule has 1 aliphatic heterocycles. The van der Waals surface area contributed by atoms with Crippen molar-refractivity contribution in [2.45, 2.75) is 65.3 Å². The van der Waals surface area contributed by atoms with Gasteiger partial charge in [-0.05, 0) is 37.0 Å². The Kier molecular flexibility index (Phi) is 5.74. The molecule has 0 bridgehead atoms. The molecule has 2 unspecified atom stereocenters. The highest BCUT2D eigenvalue weighted by Crippen LogP contribution is 2.38. The monoisotopic (exact) mass is 345 g/mol. The van der Waals surface area contributed by atoms with Gasteiger partial charge in [0.1, 0.15) is 0 Å². The first-order valence-corrected chi connectivity index (χ1v) is 10.2. The largest absolute Gasteiger partial charge is 0.353 e. The van der Waals surface area contributed by atoms with E-state index in [2.05, 4.69) is 26.1 Å². The summed E-state index contributed by atoms with van der Waals surface area (Å²) in [6, 6.07) is 0.243. The minimum atomic E-state index is -3.63. The molecule has 134 valence electrons. The SMILES string of the molecule is CC(C)(C)C1CCCCC1NC(=O)C1CCN(S(N)(=O)=O)CC1. The highest BCUT2D eigenvalue weighted by atomic mass is 32.2. The maximum atomic E-state index is 12.6. The average molecular weight is 346 g/mol. The third-order valence-electron chi connectivity index (χ3n) is 5.39. The number of carbonyl (C=O) groups is 1. The molecule has 0 aromatic rings. The lowest BCUT2D eigenvalue weighted by molar-refractivity contribution is -0.127. The van der Waals surface area contributed by atoms with E-state index in [-0.39, 0.29) is 23.3 Å².